The molecule has 0 saturated carbocycles. The summed E-state index contributed by atoms with van der Waals surface area (Å²) in [4.78, 5) is 21.4. The summed E-state index contributed by atoms with van der Waals surface area (Å²) in [5.74, 6) is -3.65. The fourth-order valence-electron chi connectivity index (χ4n) is 1.82. The van der Waals surface area contributed by atoms with Crippen molar-refractivity contribution in [2.45, 2.75) is 13.0 Å². The Kier molecular flexibility index (Phi) is 5.70. The maximum absolute atomic E-state index is 9.17. The lowest BCUT2D eigenvalue weighted by Crippen LogP contribution is -2.09. The molecule has 1 aromatic heterocycles. The number of aliphatic hydroxyl groups excluding tert-OH is 1. The first kappa shape index (κ1) is 15.7. The van der Waals surface area contributed by atoms with Crippen LogP contribution in [0.3, 0.4) is 0 Å². The van der Waals surface area contributed by atoms with E-state index < -0.39 is 11.9 Å². The average molecular weight is 280 g/mol. The van der Waals surface area contributed by atoms with Crippen LogP contribution in [0.25, 0.3) is 10.9 Å². The molecule has 0 bridgehead atoms. The highest BCUT2D eigenvalue weighted by atomic mass is 16.4. The summed E-state index contributed by atoms with van der Waals surface area (Å²) in [6, 6.07) is 8.04. The number of aromatic nitrogens is 1. The standard InChI is InChI=1S/C11H14N2O.C2H2O4/c12-6-5-9-8-3-1-2-4-10(8)13-11(9)7-14;3-1(4)2(5)6/h1-4,13-14H,5-7,12H2;(H,3,4)(H,5,6). The monoisotopic (exact) mass is 280 g/mol. The van der Waals surface area contributed by atoms with Gasteiger partial charge in [0.25, 0.3) is 0 Å². The van der Waals surface area contributed by atoms with Crippen molar-refractivity contribution < 1.29 is 24.9 Å². The number of fused-ring (bicyclic) bond motifs is 1. The van der Waals surface area contributed by atoms with Crippen LogP contribution >= 0.6 is 0 Å². The van der Waals surface area contributed by atoms with Crippen LogP contribution in [0.4, 0.5) is 0 Å². The first-order valence-electron chi connectivity index (χ1n) is 5.86. The number of hydrogen-bond acceptors (Lipinski definition) is 4. The second-order valence-corrected chi connectivity index (χ2v) is 3.93. The fraction of sp³-hybridized carbons (Fsp3) is 0.231. The minimum Gasteiger partial charge on any atom is -0.473 e. The molecule has 0 atom stereocenters. The van der Waals surface area contributed by atoms with Crippen molar-refractivity contribution in [3.63, 3.8) is 0 Å². The molecule has 2 aromatic rings. The van der Waals surface area contributed by atoms with Gasteiger partial charge in [-0.1, -0.05) is 18.2 Å². The molecule has 0 amide bonds. The number of hydrogen-bond donors (Lipinski definition) is 5. The highest BCUT2D eigenvalue weighted by Crippen LogP contribution is 2.22. The van der Waals surface area contributed by atoms with Crippen LogP contribution in [-0.4, -0.2) is 38.8 Å². The smallest absolute Gasteiger partial charge is 0.414 e. The van der Waals surface area contributed by atoms with Gasteiger partial charge >= 0.3 is 11.9 Å². The van der Waals surface area contributed by atoms with Gasteiger partial charge in [0.1, 0.15) is 0 Å². The van der Waals surface area contributed by atoms with E-state index in [1.807, 2.05) is 18.2 Å². The molecule has 0 aliphatic rings. The van der Waals surface area contributed by atoms with Gasteiger partial charge in [-0.25, -0.2) is 9.59 Å². The quantitative estimate of drug-likeness (QED) is 0.513. The molecular formula is C13H16N2O5. The second kappa shape index (κ2) is 7.27. The predicted molar refractivity (Wildman–Crippen MR) is 72.3 cm³/mol. The molecule has 0 radical (unpaired) electrons. The molecule has 20 heavy (non-hydrogen) atoms. The zero-order valence-electron chi connectivity index (χ0n) is 10.7. The largest absolute Gasteiger partial charge is 0.473 e. The van der Waals surface area contributed by atoms with Gasteiger partial charge in [0.15, 0.2) is 0 Å². The number of aromatic amines is 1. The van der Waals surface area contributed by atoms with E-state index in [1.165, 1.54) is 5.39 Å². The summed E-state index contributed by atoms with van der Waals surface area (Å²) in [5.41, 5.74) is 8.64. The Balaban J connectivity index is 0.000000286. The van der Waals surface area contributed by atoms with Gasteiger partial charge in [0.05, 0.1) is 6.61 Å². The van der Waals surface area contributed by atoms with Crippen molar-refractivity contribution >= 4 is 22.8 Å². The number of para-hydroxylation sites is 1. The molecule has 1 heterocycles. The minimum absolute atomic E-state index is 0.0456. The van der Waals surface area contributed by atoms with Gasteiger partial charge in [-0.3, -0.25) is 0 Å². The Morgan fingerprint density at radius 3 is 2.25 bits per heavy atom. The number of aliphatic carboxylic acids is 2. The van der Waals surface area contributed by atoms with Gasteiger partial charge in [-0.05, 0) is 24.6 Å². The van der Waals surface area contributed by atoms with Crippen LogP contribution in [0.1, 0.15) is 11.3 Å². The Morgan fingerprint density at radius 2 is 1.75 bits per heavy atom. The molecule has 0 aliphatic carbocycles. The Hall–Kier alpha value is -2.38. The predicted octanol–water partition coefficient (Wildman–Crippen LogP) is 0.317. The first-order valence-corrected chi connectivity index (χ1v) is 5.86. The van der Waals surface area contributed by atoms with Crippen LogP contribution in [0.15, 0.2) is 24.3 Å². The lowest BCUT2D eigenvalue weighted by atomic mass is 10.1. The zero-order chi connectivity index (χ0) is 15.1. The molecule has 2 rings (SSSR count). The number of benzene rings is 1. The van der Waals surface area contributed by atoms with E-state index in [4.69, 9.17) is 25.5 Å². The zero-order valence-corrected chi connectivity index (χ0v) is 10.7. The van der Waals surface area contributed by atoms with Crippen molar-refractivity contribution in [3.8, 4) is 0 Å². The number of carboxylic acid groups (broad SMARTS) is 2. The third-order valence-electron chi connectivity index (χ3n) is 2.64. The third kappa shape index (κ3) is 3.81. The summed E-state index contributed by atoms with van der Waals surface area (Å²) in [5, 5.41) is 25.1. The van der Waals surface area contributed by atoms with Crippen molar-refractivity contribution in [1.82, 2.24) is 4.98 Å². The Morgan fingerprint density at radius 1 is 1.15 bits per heavy atom. The fourth-order valence-corrected chi connectivity index (χ4v) is 1.82. The highest BCUT2D eigenvalue weighted by Gasteiger charge is 2.08. The van der Waals surface area contributed by atoms with Crippen molar-refractivity contribution in [2.24, 2.45) is 5.73 Å². The SMILES string of the molecule is NCCc1c(CO)[nH]c2ccccc12.O=C(O)C(=O)O. The van der Waals surface area contributed by atoms with Crippen LogP contribution in [0, 0.1) is 0 Å². The summed E-state index contributed by atoms with van der Waals surface area (Å²) in [6.45, 7) is 0.652. The van der Waals surface area contributed by atoms with E-state index in [2.05, 4.69) is 11.1 Å². The van der Waals surface area contributed by atoms with E-state index in [9.17, 15) is 5.11 Å². The van der Waals surface area contributed by atoms with Gasteiger partial charge in [0, 0.05) is 16.6 Å². The molecule has 0 saturated heterocycles. The minimum atomic E-state index is -1.82. The van der Waals surface area contributed by atoms with Gasteiger partial charge in [0.2, 0.25) is 0 Å². The highest BCUT2D eigenvalue weighted by molar-refractivity contribution is 6.27. The van der Waals surface area contributed by atoms with Crippen LogP contribution < -0.4 is 5.73 Å². The summed E-state index contributed by atoms with van der Waals surface area (Å²) < 4.78 is 0. The molecule has 0 spiro atoms. The lowest BCUT2D eigenvalue weighted by Gasteiger charge is -1.99. The third-order valence-corrected chi connectivity index (χ3v) is 2.64. The van der Waals surface area contributed by atoms with E-state index in [-0.39, 0.29) is 6.61 Å². The van der Waals surface area contributed by atoms with Crippen LogP contribution in [0.5, 0.6) is 0 Å². The number of aliphatic hydroxyl groups is 1. The van der Waals surface area contributed by atoms with Crippen LogP contribution in [0.2, 0.25) is 0 Å². The molecule has 0 fully saturated rings. The Bertz CT molecular complexity index is 594. The molecule has 1 aromatic carbocycles. The molecule has 108 valence electrons. The second-order valence-electron chi connectivity index (χ2n) is 3.93. The van der Waals surface area contributed by atoms with Crippen molar-refractivity contribution in [2.75, 3.05) is 6.54 Å². The molecule has 0 aliphatic heterocycles. The summed E-state index contributed by atoms with van der Waals surface area (Å²) >= 11 is 0. The summed E-state index contributed by atoms with van der Waals surface area (Å²) in [7, 11) is 0. The van der Waals surface area contributed by atoms with Crippen LogP contribution in [-0.2, 0) is 22.6 Å². The van der Waals surface area contributed by atoms with Gasteiger partial charge in [-0.15, -0.1) is 0 Å². The molecule has 0 unspecified atom stereocenters. The number of carbonyl (C=O) groups is 2. The van der Waals surface area contributed by atoms with E-state index >= 15 is 0 Å². The summed E-state index contributed by atoms with van der Waals surface area (Å²) in [6.07, 6.45) is 0.805. The number of rotatable bonds is 3. The number of H-pyrrole nitrogens is 1. The number of nitrogens with one attached hydrogen (secondary N) is 1. The van der Waals surface area contributed by atoms with Gasteiger partial charge in [-0.2, -0.15) is 0 Å². The normalized spacial score (nSPS) is 9.90. The molecule has 7 nitrogen and oxygen atoms in total. The Labute approximate surface area is 114 Å². The molecular weight excluding hydrogens is 264 g/mol. The average Bonchev–Trinajstić information content (AvgIpc) is 2.78. The van der Waals surface area contributed by atoms with Gasteiger partial charge < -0.3 is 26.0 Å². The maximum atomic E-state index is 9.17. The molecule has 7 heteroatoms. The number of carboxylic acids is 2. The number of nitrogens with two attached hydrogens (primary N) is 1. The van der Waals surface area contributed by atoms with E-state index in [0.29, 0.717) is 6.54 Å². The van der Waals surface area contributed by atoms with E-state index in [1.54, 1.807) is 0 Å². The molecule has 6 N–H and O–H groups in total. The van der Waals surface area contributed by atoms with Crippen molar-refractivity contribution in [3.05, 3.63) is 35.5 Å². The maximum Gasteiger partial charge on any atom is 0.414 e. The van der Waals surface area contributed by atoms with E-state index in [0.717, 1.165) is 23.2 Å². The lowest BCUT2D eigenvalue weighted by molar-refractivity contribution is -0.159. The topological polar surface area (TPSA) is 137 Å². The first-order chi connectivity index (χ1) is 9.51. The van der Waals surface area contributed by atoms with Crippen molar-refractivity contribution in [1.29, 1.82) is 0 Å².